The van der Waals surface area contributed by atoms with Gasteiger partial charge in [0.2, 0.25) is 0 Å². The van der Waals surface area contributed by atoms with E-state index in [2.05, 4.69) is 45.8 Å². The number of hydrogen-bond donors (Lipinski definition) is 0. The molecule has 0 radical (unpaired) electrons. The molecular formula is C26H40O4Si. The van der Waals surface area contributed by atoms with Crippen LogP contribution in [-0.4, -0.2) is 39.2 Å². The van der Waals surface area contributed by atoms with Crippen molar-refractivity contribution in [2.24, 2.45) is 22.7 Å². The summed E-state index contributed by atoms with van der Waals surface area (Å²) in [7, 11) is -1.80. The molecule has 4 atom stereocenters. The van der Waals surface area contributed by atoms with Gasteiger partial charge in [-0.25, -0.2) is 0 Å². The third-order valence-electron chi connectivity index (χ3n) is 8.25. The Labute approximate surface area is 189 Å². The van der Waals surface area contributed by atoms with Crippen molar-refractivity contribution in [1.82, 2.24) is 0 Å². The van der Waals surface area contributed by atoms with Crippen LogP contribution < -0.4 is 0 Å². The average Bonchev–Trinajstić information content (AvgIpc) is 3.13. The van der Waals surface area contributed by atoms with E-state index in [4.69, 9.17) is 13.9 Å². The lowest BCUT2D eigenvalue weighted by atomic mass is 9.48. The molecule has 0 aromatic heterocycles. The van der Waals surface area contributed by atoms with Gasteiger partial charge in [-0.1, -0.05) is 30.7 Å². The van der Waals surface area contributed by atoms with Gasteiger partial charge in [-0.3, -0.25) is 4.79 Å². The highest BCUT2D eigenvalue weighted by Crippen LogP contribution is 2.62. The van der Waals surface area contributed by atoms with Gasteiger partial charge in [0.05, 0.1) is 19.3 Å². The van der Waals surface area contributed by atoms with Crippen molar-refractivity contribution in [3.05, 3.63) is 37.0 Å². The molecule has 3 aliphatic carbocycles. The van der Waals surface area contributed by atoms with Gasteiger partial charge in [0.1, 0.15) is 5.78 Å². The molecule has 1 aliphatic heterocycles. The quantitative estimate of drug-likeness (QED) is 0.383. The Bertz CT molecular complexity index is 763. The van der Waals surface area contributed by atoms with Crippen LogP contribution in [0.4, 0.5) is 0 Å². The van der Waals surface area contributed by atoms with E-state index >= 15 is 0 Å². The minimum Gasteiger partial charge on any atom is -0.414 e. The number of carbonyl (C=O) groups is 1. The van der Waals surface area contributed by atoms with Crippen LogP contribution in [0.3, 0.4) is 0 Å². The zero-order chi connectivity index (χ0) is 22.5. The molecule has 0 aromatic carbocycles. The highest BCUT2D eigenvalue weighted by molar-refractivity contribution is 6.69. The second-order valence-corrected chi connectivity index (χ2v) is 15.9. The Kier molecular flexibility index (Phi) is 6.04. The van der Waals surface area contributed by atoms with E-state index in [1.807, 2.05) is 12.2 Å². The number of ether oxygens (including phenoxy) is 2. The summed E-state index contributed by atoms with van der Waals surface area (Å²) < 4.78 is 19.0. The minimum atomic E-state index is -1.80. The normalized spacial score (nSPS) is 36.5. The number of fused-ring (bicyclic) bond motifs is 3. The lowest BCUT2D eigenvalue weighted by Crippen LogP contribution is -2.60. The van der Waals surface area contributed by atoms with Crippen molar-refractivity contribution >= 4 is 14.1 Å². The van der Waals surface area contributed by atoms with E-state index in [-0.39, 0.29) is 23.4 Å². The summed E-state index contributed by atoms with van der Waals surface area (Å²) in [6.07, 6.45) is 11.9. The van der Waals surface area contributed by atoms with Crippen molar-refractivity contribution < 1.29 is 18.7 Å². The summed E-state index contributed by atoms with van der Waals surface area (Å²) in [5.74, 6) is 0.177. The molecule has 1 spiro atoms. The first-order chi connectivity index (χ1) is 14.6. The zero-order valence-corrected chi connectivity index (χ0v) is 20.9. The maximum Gasteiger partial charge on any atom is 0.184 e. The van der Waals surface area contributed by atoms with Gasteiger partial charge in [-0.15, -0.1) is 13.2 Å². The first kappa shape index (κ1) is 23.2. The Morgan fingerprint density at radius 1 is 1.16 bits per heavy atom. The molecule has 5 heteroatoms. The average molecular weight is 445 g/mol. The van der Waals surface area contributed by atoms with Crippen LogP contribution in [0.2, 0.25) is 19.6 Å². The van der Waals surface area contributed by atoms with Crippen molar-refractivity contribution in [2.45, 2.75) is 83.4 Å². The molecule has 0 bridgehead atoms. The van der Waals surface area contributed by atoms with Crippen molar-refractivity contribution in [1.29, 1.82) is 0 Å². The van der Waals surface area contributed by atoms with Crippen LogP contribution in [-0.2, 0) is 18.7 Å². The maximum absolute atomic E-state index is 14.0. The second kappa shape index (κ2) is 8.09. The van der Waals surface area contributed by atoms with E-state index in [9.17, 15) is 4.79 Å². The molecule has 172 valence electrons. The highest BCUT2D eigenvalue weighted by atomic mass is 28.4. The molecule has 4 nitrogen and oxygen atoms in total. The fraction of sp³-hybridized carbons (Fsp3) is 0.731. The molecule has 4 rings (SSSR count). The summed E-state index contributed by atoms with van der Waals surface area (Å²) in [6.45, 7) is 18.5. The number of Topliss-reactive ketones (excluding diaryl/α,β-unsaturated/α-hetero) is 1. The maximum atomic E-state index is 14.0. The summed E-state index contributed by atoms with van der Waals surface area (Å²) >= 11 is 0. The molecule has 1 heterocycles. The fourth-order valence-corrected chi connectivity index (χ4v) is 8.14. The summed E-state index contributed by atoms with van der Waals surface area (Å²) in [5.41, 5.74) is 0.946. The first-order valence-corrected chi connectivity index (χ1v) is 15.4. The lowest BCUT2D eigenvalue weighted by molar-refractivity contribution is -0.189. The molecular weight excluding hydrogens is 404 g/mol. The highest BCUT2D eigenvalue weighted by Gasteiger charge is 2.61. The Hall–Kier alpha value is -1.01. The third kappa shape index (κ3) is 3.96. The Morgan fingerprint density at radius 2 is 1.81 bits per heavy atom. The van der Waals surface area contributed by atoms with Gasteiger partial charge in [-0.2, -0.15) is 0 Å². The van der Waals surface area contributed by atoms with Gasteiger partial charge in [0.15, 0.2) is 14.1 Å². The smallest absolute Gasteiger partial charge is 0.184 e. The molecule has 4 aliphatic rings. The zero-order valence-electron chi connectivity index (χ0n) is 19.9. The van der Waals surface area contributed by atoms with Crippen molar-refractivity contribution in [2.75, 3.05) is 13.2 Å². The number of hydrogen-bond acceptors (Lipinski definition) is 4. The van der Waals surface area contributed by atoms with Gasteiger partial charge in [0, 0.05) is 30.1 Å². The Morgan fingerprint density at radius 3 is 2.39 bits per heavy atom. The summed E-state index contributed by atoms with van der Waals surface area (Å²) in [4.78, 5) is 14.0. The van der Waals surface area contributed by atoms with E-state index in [0.717, 1.165) is 32.1 Å². The van der Waals surface area contributed by atoms with E-state index in [1.54, 1.807) is 0 Å². The number of carbonyl (C=O) groups excluding carboxylic acids is 1. The number of allylic oxidation sites excluding steroid dienone is 3. The summed E-state index contributed by atoms with van der Waals surface area (Å²) in [5, 5.41) is 0. The fourth-order valence-electron chi connectivity index (χ4n) is 7.00. The van der Waals surface area contributed by atoms with Crippen molar-refractivity contribution in [3.8, 4) is 0 Å². The molecule has 4 unspecified atom stereocenters. The first-order valence-electron chi connectivity index (χ1n) is 12.0. The molecule has 31 heavy (non-hydrogen) atoms. The van der Waals surface area contributed by atoms with E-state index < -0.39 is 19.5 Å². The van der Waals surface area contributed by atoms with Crippen LogP contribution >= 0.6 is 0 Å². The molecule has 1 saturated heterocycles. The predicted octanol–water partition coefficient (Wildman–Crippen LogP) is 5.81. The Balaban J connectivity index is 1.74. The van der Waals surface area contributed by atoms with Gasteiger partial charge < -0.3 is 13.9 Å². The SMILES string of the molecule is C=CCC1(CC=C)CC(O[Si](C)(C)C)C2C(CC=C3CC4(CCC32C)OCCO4)C1=O. The summed E-state index contributed by atoms with van der Waals surface area (Å²) in [6, 6.07) is 0. The third-order valence-corrected chi connectivity index (χ3v) is 9.26. The standard InChI is InChI=1S/C26H40O4Si/c1-7-11-25(12-8-2)18-21(30-31(4,5)6)22-20(23(25)27)10-9-19-17-26(28-15-16-29-26)14-13-24(19,22)3/h7-9,20-22H,1-2,10-18H2,3-6H3. The van der Waals surface area contributed by atoms with E-state index in [0.29, 0.717) is 31.8 Å². The predicted molar refractivity (Wildman–Crippen MR) is 126 cm³/mol. The van der Waals surface area contributed by atoms with Gasteiger partial charge in [0.25, 0.3) is 0 Å². The minimum absolute atomic E-state index is 0.00298. The van der Waals surface area contributed by atoms with Crippen LogP contribution in [0, 0.1) is 22.7 Å². The van der Waals surface area contributed by atoms with Gasteiger partial charge >= 0.3 is 0 Å². The monoisotopic (exact) mass is 444 g/mol. The second-order valence-electron chi connectivity index (χ2n) is 11.4. The van der Waals surface area contributed by atoms with Crippen LogP contribution in [0.1, 0.15) is 51.9 Å². The van der Waals surface area contributed by atoms with Crippen molar-refractivity contribution in [3.63, 3.8) is 0 Å². The van der Waals surface area contributed by atoms with Crippen LogP contribution in [0.5, 0.6) is 0 Å². The molecule has 0 N–H and O–H groups in total. The lowest BCUT2D eigenvalue weighted by Gasteiger charge is -2.59. The molecule has 0 aromatic rings. The van der Waals surface area contributed by atoms with Crippen LogP contribution in [0.15, 0.2) is 37.0 Å². The van der Waals surface area contributed by atoms with Gasteiger partial charge in [-0.05, 0) is 57.2 Å². The number of rotatable bonds is 6. The van der Waals surface area contributed by atoms with Crippen LogP contribution in [0.25, 0.3) is 0 Å². The van der Waals surface area contributed by atoms with E-state index in [1.165, 1.54) is 5.57 Å². The topological polar surface area (TPSA) is 44.8 Å². The molecule has 2 saturated carbocycles. The molecule has 0 amide bonds. The molecule has 3 fully saturated rings. The number of ketones is 1. The largest absolute Gasteiger partial charge is 0.414 e.